The number of amides is 2. The summed E-state index contributed by atoms with van der Waals surface area (Å²) < 4.78 is 0.850. The molecular formula is C14H16BrNO3. The number of rotatable bonds is 3. The smallest absolute Gasteiger partial charge is 0.235 e. The van der Waals surface area contributed by atoms with Crippen LogP contribution in [-0.2, 0) is 9.59 Å². The summed E-state index contributed by atoms with van der Waals surface area (Å²) in [5.74, 6) is -0.435. The van der Waals surface area contributed by atoms with Crippen LogP contribution in [0.2, 0.25) is 0 Å². The van der Waals surface area contributed by atoms with Gasteiger partial charge in [0.05, 0.1) is 18.1 Å². The van der Waals surface area contributed by atoms with Crippen molar-refractivity contribution >= 4 is 27.7 Å². The molecule has 0 saturated carbocycles. The predicted octanol–water partition coefficient (Wildman–Crippen LogP) is 2.27. The third-order valence-corrected chi connectivity index (χ3v) is 3.80. The number of β-amino-alcohol motifs (C(OH)–C–C–N with tert-alkyl or cyclic N) is 1. The minimum absolute atomic E-state index is 0.0115. The lowest BCUT2D eigenvalue weighted by molar-refractivity contribution is -0.142. The van der Waals surface area contributed by atoms with Crippen molar-refractivity contribution < 1.29 is 14.7 Å². The van der Waals surface area contributed by atoms with E-state index in [-0.39, 0.29) is 24.8 Å². The number of aliphatic hydroxyl groups excluding tert-OH is 1. The largest absolute Gasteiger partial charge is 0.387 e. The molecule has 1 aliphatic heterocycles. The van der Waals surface area contributed by atoms with Crippen LogP contribution in [0.15, 0.2) is 28.7 Å². The average Bonchev–Trinajstić information content (AvgIpc) is 2.51. The normalized spacial score (nSPS) is 19.9. The number of halogens is 1. The molecule has 1 aromatic carbocycles. The highest BCUT2D eigenvalue weighted by molar-refractivity contribution is 9.10. The maximum atomic E-state index is 12.1. The van der Waals surface area contributed by atoms with Crippen LogP contribution >= 0.6 is 15.9 Å². The van der Waals surface area contributed by atoms with E-state index in [0.29, 0.717) is 5.56 Å². The van der Waals surface area contributed by atoms with E-state index >= 15 is 0 Å². The minimum Gasteiger partial charge on any atom is -0.387 e. The number of carbonyl (C=O) groups is 2. The fourth-order valence-electron chi connectivity index (χ4n) is 2.20. The number of nitrogens with zero attached hydrogens (tertiary/aromatic N) is 1. The molecule has 4 nitrogen and oxygen atoms in total. The third-order valence-electron chi connectivity index (χ3n) is 3.31. The molecule has 0 bridgehead atoms. The van der Waals surface area contributed by atoms with Crippen LogP contribution in [0, 0.1) is 5.41 Å². The average molecular weight is 326 g/mol. The molecule has 2 amide bonds. The second-order valence-corrected chi connectivity index (χ2v) is 6.36. The van der Waals surface area contributed by atoms with Gasteiger partial charge in [-0.2, -0.15) is 0 Å². The van der Waals surface area contributed by atoms with Crippen LogP contribution in [-0.4, -0.2) is 28.4 Å². The standard InChI is InChI=1S/C14H16BrNO3/c1-14(2)7-12(18)16(13(14)19)8-11(17)9-4-3-5-10(15)6-9/h3-6,11,17H,7-8H2,1-2H3. The monoisotopic (exact) mass is 325 g/mol. The van der Waals surface area contributed by atoms with Crippen molar-refractivity contribution in [2.75, 3.05) is 6.54 Å². The molecule has 0 radical (unpaired) electrons. The van der Waals surface area contributed by atoms with E-state index in [1.165, 1.54) is 0 Å². The van der Waals surface area contributed by atoms with Crippen LogP contribution in [0.3, 0.4) is 0 Å². The molecule has 1 atom stereocenters. The number of carbonyl (C=O) groups excluding carboxylic acids is 2. The molecule has 0 aromatic heterocycles. The highest BCUT2D eigenvalue weighted by Crippen LogP contribution is 2.33. The molecule has 1 N–H and O–H groups in total. The molecule has 0 spiro atoms. The van der Waals surface area contributed by atoms with Crippen molar-refractivity contribution in [2.45, 2.75) is 26.4 Å². The molecule has 1 aromatic rings. The van der Waals surface area contributed by atoms with Crippen LogP contribution in [0.4, 0.5) is 0 Å². The Kier molecular flexibility index (Phi) is 3.78. The SMILES string of the molecule is CC1(C)CC(=O)N(CC(O)c2cccc(Br)c2)C1=O. The maximum Gasteiger partial charge on any atom is 0.235 e. The van der Waals surface area contributed by atoms with Crippen LogP contribution in [0.1, 0.15) is 31.9 Å². The first-order valence-corrected chi connectivity index (χ1v) is 6.89. The summed E-state index contributed by atoms with van der Waals surface area (Å²) in [4.78, 5) is 25.0. The lowest BCUT2D eigenvalue weighted by atomic mass is 9.92. The van der Waals surface area contributed by atoms with Gasteiger partial charge in [-0.05, 0) is 17.7 Å². The van der Waals surface area contributed by atoms with E-state index in [9.17, 15) is 14.7 Å². The highest BCUT2D eigenvalue weighted by Gasteiger charge is 2.45. The Labute approximate surface area is 120 Å². The predicted molar refractivity (Wildman–Crippen MR) is 74.2 cm³/mol. The van der Waals surface area contributed by atoms with E-state index in [2.05, 4.69) is 15.9 Å². The first kappa shape index (κ1) is 14.2. The lowest BCUT2D eigenvalue weighted by Gasteiger charge is -2.21. The molecule has 102 valence electrons. The number of imide groups is 1. The molecule has 1 saturated heterocycles. The molecule has 2 rings (SSSR count). The topological polar surface area (TPSA) is 57.6 Å². The summed E-state index contributed by atoms with van der Waals surface area (Å²) in [6, 6.07) is 7.21. The van der Waals surface area contributed by atoms with Gasteiger partial charge in [0.2, 0.25) is 11.8 Å². The fraction of sp³-hybridized carbons (Fsp3) is 0.429. The summed E-state index contributed by atoms with van der Waals surface area (Å²) in [6.45, 7) is 3.51. The van der Waals surface area contributed by atoms with Gasteiger partial charge in [0, 0.05) is 10.9 Å². The summed E-state index contributed by atoms with van der Waals surface area (Å²) in [5, 5.41) is 10.1. The molecule has 1 aliphatic rings. The highest BCUT2D eigenvalue weighted by atomic mass is 79.9. The van der Waals surface area contributed by atoms with Crippen molar-refractivity contribution in [1.29, 1.82) is 0 Å². The Balaban J connectivity index is 2.14. The van der Waals surface area contributed by atoms with Crippen molar-refractivity contribution in [2.24, 2.45) is 5.41 Å². The van der Waals surface area contributed by atoms with Gasteiger partial charge in [-0.3, -0.25) is 14.5 Å². The van der Waals surface area contributed by atoms with Gasteiger partial charge in [-0.1, -0.05) is 41.9 Å². The van der Waals surface area contributed by atoms with Crippen LogP contribution < -0.4 is 0 Å². The second-order valence-electron chi connectivity index (χ2n) is 5.44. The number of aliphatic hydroxyl groups is 1. The zero-order valence-electron chi connectivity index (χ0n) is 10.9. The van der Waals surface area contributed by atoms with Gasteiger partial charge in [0.1, 0.15) is 0 Å². The van der Waals surface area contributed by atoms with E-state index in [4.69, 9.17) is 0 Å². The quantitative estimate of drug-likeness (QED) is 0.867. The van der Waals surface area contributed by atoms with Gasteiger partial charge in [-0.15, -0.1) is 0 Å². The van der Waals surface area contributed by atoms with E-state index < -0.39 is 11.5 Å². The van der Waals surface area contributed by atoms with Gasteiger partial charge in [-0.25, -0.2) is 0 Å². The Morgan fingerprint density at radius 1 is 1.42 bits per heavy atom. The Morgan fingerprint density at radius 3 is 2.63 bits per heavy atom. The van der Waals surface area contributed by atoms with Gasteiger partial charge in [0.15, 0.2) is 0 Å². The van der Waals surface area contributed by atoms with Crippen LogP contribution in [0.25, 0.3) is 0 Å². The van der Waals surface area contributed by atoms with Crippen molar-refractivity contribution in [3.05, 3.63) is 34.3 Å². The van der Waals surface area contributed by atoms with Gasteiger partial charge >= 0.3 is 0 Å². The fourth-order valence-corrected chi connectivity index (χ4v) is 2.62. The molecule has 5 heteroatoms. The van der Waals surface area contributed by atoms with E-state index in [0.717, 1.165) is 9.37 Å². The summed E-state index contributed by atoms with van der Waals surface area (Å²) >= 11 is 3.33. The molecule has 1 unspecified atom stereocenters. The van der Waals surface area contributed by atoms with Crippen molar-refractivity contribution in [3.63, 3.8) is 0 Å². The van der Waals surface area contributed by atoms with E-state index in [1.807, 2.05) is 6.07 Å². The number of likely N-dealkylation sites (tertiary alicyclic amines) is 1. The molecule has 1 fully saturated rings. The number of hydrogen-bond donors (Lipinski definition) is 1. The molecule has 0 aliphatic carbocycles. The third kappa shape index (κ3) is 2.87. The number of benzene rings is 1. The summed E-state index contributed by atoms with van der Waals surface area (Å²) in [7, 11) is 0. The zero-order chi connectivity index (χ0) is 14.2. The molecule has 1 heterocycles. The van der Waals surface area contributed by atoms with E-state index in [1.54, 1.807) is 32.0 Å². The maximum absolute atomic E-state index is 12.1. The zero-order valence-corrected chi connectivity index (χ0v) is 12.5. The summed E-state index contributed by atoms with van der Waals surface area (Å²) in [6.07, 6.45) is -0.656. The van der Waals surface area contributed by atoms with Crippen molar-refractivity contribution in [3.8, 4) is 0 Å². The first-order valence-electron chi connectivity index (χ1n) is 6.09. The Morgan fingerprint density at radius 2 is 2.11 bits per heavy atom. The first-order chi connectivity index (χ1) is 8.81. The number of hydrogen-bond acceptors (Lipinski definition) is 3. The molecular weight excluding hydrogens is 310 g/mol. The minimum atomic E-state index is -0.862. The van der Waals surface area contributed by atoms with Gasteiger partial charge < -0.3 is 5.11 Å². The lowest BCUT2D eigenvalue weighted by Crippen LogP contribution is -2.36. The summed E-state index contributed by atoms with van der Waals surface area (Å²) in [5.41, 5.74) is 0.0216. The second kappa shape index (κ2) is 5.06. The van der Waals surface area contributed by atoms with Gasteiger partial charge in [0.25, 0.3) is 0 Å². The van der Waals surface area contributed by atoms with Crippen molar-refractivity contribution in [1.82, 2.24) is 4.90 Å². The molecule has 19 heavy (non-hydrogen) atoms. The Hall–Kier alpha value is -1.20. The van der Waals surface area contributed by atoms with Crippen LogP contribution in [0.5, 0.6) is 0 Å². The Bertz CT molecular complexity index is 527.